The smallest absolute Gasteiger partial charge is 0.329 e. The van der Waals surface area contributed by atoms with Crippen molar-refractivity contribution in [1.82, 2.24) is 19.9 Å². The van der Waals surface area contributed by atoms with Crippen LogP contribution in [-0.4, -0.2) is 26.5 Å². The zero-order chi connectivity index (χ0) is 18.8. The van der Waals surface area contributed by atoms with Crippen LogP contribution in [0.1, 0.15) is 20.3 Å². The van der Waals surface area contributed by atoms with Crippen LogP contribution < -0.4 is 16.6 Å². The molecule has 1 aromatic carbocycles. The zero-order valence-corrected chi connectivity index (χ0v) is 14.4. The molecule has 2 heterocycles. The molecule has 7 nitrogen and oxygen atoms in total. The van der Waals surface area contributed by atoms with Gasteiger partial charge < -0.3 is 15.3 Å². The lowest BCUT2D eigenvalue weighted by Gasteiger charge is -2.11. The Morgan fingerprint density at radius 1 is 1.23 bits per heavy atom. The van der Waals surface area contributed by atoms with E-state index >= 15 is 0 Å². The summed E-state index contributed by atoms with van der Waals surface area (Å²) in [5, 5.41) is 2.72. The number of carbonyl (C=O) groups excluding carboxylic acids is 1. The third kappa shape index (κ3) is 3.30. The van der Waals surface area contributed by atoms with Crippen LogP contribution in [0.2, 0.25) is 0 Å². The molecule has 2 aromatic heterocycles. The van der Waals surface area contributed by atoms with Crippen molar-refractivity contribution in [3.63, 3.8) is 0 Å². The molecule has 0 unspecified atom stereocenters. The molecule has 3 aromatic rings. The highest BCUT2D eigenvalue weighted by Gasteiger charge is 2.16. The second-order valence-corrected chi connectivity index (χ2v) is 6.16. The Kier molecular flexibility index (Phi) is 4.75. The van der Waals surface area contributed by atoms with Gasteiger partial charge in [-0.2, -0.15) is 0 Å². The molecule has 0 saturated carbocycles. The lowest BCUT2D eigenvalue weighted by molar-refractivity contribution is -0.122. The largest absolute Gasteiger partial charge is 0.355 e. The third-order valence-electron chi connectivity index (χ3n) is 4.29. The van der Waals surface area contributed by atoms with Crippen LogP contribution in [0.15, 0.2) is 40.1 Å². The number of rotatable bonds is 5. The Balaban J connectivity index is 2.02. The molecule has 0 radical (unpaired) electrons. The highest BCUT2D eigenvalue weighted by molar-refractivity contribution is 5.91. The molecule has 0 saturated heterocycles. The van der Waals surface area contributed by atoms with Gasteiger partial charge in [0.2, 0.25) is 5.91 Å². The van der Waals surface area contributed by atoms with Crippen molar-refractivity contribution in [2.45, 2.75) is 32.9 Å². The number of hydrogen-bond donors (Lipinski definition) is 3. The molecule has 0 bridgehead atoms. The van der Waals surface area contributed by atoms with E-state index in [1.165, 1.54) is 12.1 Å². The monoisotopic (exact) mass is 358 g/mol. The number of nitrogens with zero attached hydrogens (tertiary/aromatic N) is 1. The normalized spacial score (nSPS) is 12.3. The van der Waals surface area contributed by atoms with Crippen molar-refractivity contribution in [2.75, 3.05) is 0 Å². The van der Waals surface area contributed by atoms with Gasteiger partial charge in [-0.1, -0.05) is 19.1 Å². The molecular formula is C18H19FN4O3. The molecule has 1 atom stereocenters. The van der Waals surface area contributed by atoms with Crippen molar-refractivity contribution in [1.29, 1.82) is 0 Å². The van der Waals surface area contributed by atoms with E-state index in [-0.39, 0.29) is 23.9 Å². The predicted octanol–water partition coefficient (Wildman–Crippen LogP) is 1.74. The number of halogens is 1. The van der Waals surface area contributed by atoms with E-state index in [0.29, 0.717) is 16.6 Å². The molecular weight excluding hydrogens is 339 g/mol. The number of aromatic nitrogens is 3. The number of nitrogens with one attached hydrogen (secondary N) is 3. The maximum Gasteiger partial charge on any atom is 0.329 e. The van der Waals surface area contributed by atoms with Crippen LogP contribution in [0, 0.1) is 5.82 Å². The van der Waals surface area contributed by atoms with Gasteiger partial charge in [-0.3, -0.25) is 9.59 Å². The van der Waals surface area contributed by atoms with E-state index in [0.717, 1.165) is 11.0 Å². The SMILES string of the molecule is CC[C@H](C)NC(=O)Cn1c(=O)[nH]c2c(-c3ccc(F)cc3)c[nH]c2c1=O. The van der Waals surface area contributed by atoms with E-state index in [4.69, 9.17) is 0 Å². The molecule has 1 amide bonds. The highest BCUT2D eigenvalue weighted by Crippen LogP contribution is 2.25. The van der Waals surface area contributed by atoms with Crippen LogP contribution >= 0.6 is 0 Å². The van der Waals surface area contributed by atoms with Crippen molar-refractivity contribution in [2.24, 2.45) is 0 Å². The Hall–Kier alpha value is -3.16. The topological polar surface area (TPSA) is 99.8 Å². The number of H-pyrrole nitrogens is 2. The summed E-state index contributed by atoms with van der Waals surface area (Å²) in [7, 11) is 0. The number of fused-ring (bicyclic) bond motifs is 1. The van der Waals surface area contributed by atoms with E-state index < -0.39 is 17.2 Å². The van der Waals surface area contributed by atoms with Gasteiger partial charge in [0.15, 0.2) is 0 Å². The number of carbonyl (C=O) groups is 1. The second kappa shape index (κ2) is 6.99. The fourth-order valence-electron chi connectivity index (χ4n) is 2.69. The van der Waals surface area contributed by atoms with Gasteiger partial charge in [0.25, 0.3) is 5.56 Å². The molecule has 0 fully saturated rings. The van der Waals surface area contributed by atoms with Crippen LogP contribution in [0.3, 0.4) is 0 Å². The summed E-state index contributed by atoms with van der Waals surface area (Å²) in [5.41, 5.74) is 0.469. The minimum atomic E-state index is -0.676. The lowest BCUT2D eigenvalue weighted by atomic mass is 10.1. The molecule has 0 spiro atoms. The van der Waals surface area contributed by atoms with E-state index in [1.807, 2.05) is 13.8 Å². The van der Waals surface area contributed by atoms with Crippen molar-refractivity contribution in [3.05, 3.63) is 57.1 Å². The predicted molar refractivity (Wildman–Crippen MR) is 96.5 cm³/mol. The average Bonchev–Trinajstić information content (AvgIpc) is 3.03. The van der Waals surface area contributed by atoms with Crippen molar-refractivity contribution < 1.29 is 9.18 Å². The average molecular weight is 358 g/mol. The van der Waals surface area contributed by atoms with E-state index in [2.05, 4.69) is 15.3 Å². The van der Waals surface area contributed by atoms with Crippen LogP contribution in [-0.2, 0) is 11.3 Å². The van der Waals surface area contributed by atoms with E-state index in [1.54, 1.807) is 18.3 Å². The fourth-order valence-corrected chi connectivity index (χ4v) is 2.69. The Labute approximate surface area is 147 Å². The number of amides is 1. The standard InChI is InChI=1S/C18H19FN4O3/c1-3-10(2)21-14(24)9-23-17(25)16-15(22-18(23)26)13(8-20-16)11-4-6-12(19)7-5-11/h4-8,10,20H,3,9H2,1-2H3,(H,21,24)(H,22,26)/t10-/m0/s1. The summed E-state index contributed by atoms with van der Waals surface area (Å²) >= 11 is 0. The second-order valence-electron chi connectivity index (χ2n) is 6.16. The summed E-state index contributed by atoms with van der Waals surface area (Å²) in [6, 6.07) is 5.67. The molecule has 8 heteroatoms. The quantitative estimate of drug-likeness (QED) is 0.648. The summed E-state index contributed by atoms with van der Waals surface area (Å²) in [6.07, 6.45) is 2.31. The van der Waals surface area contributed by atoms with Gasteiger partial charge in [-0.15, -0.1) is 0 Å². The number of hydrogen-bond acceptors (Lipinski definition) is 3. The first-order valence-electron chi connectivity index (χ1n) is 8.30. The molecule has 0 aliphatic rings. The maximum absolute atomic E-state index is 13.1. The molecule has 136 valence electrons. The van der Waals surface area contributed by atoms with Gasteiger partial charge in [0.05, 0.1) is 5.52 Å². The summed E-state index contributed by atoms with van der Waals surface area (Å²) in [6.45, 7) is 3.40. The zero-order valence-electron chi connectivity index (χ0n) is 14.4. The van der Waals surface area contributed by atoms with Gasteiger partial charge in [0.1, 0.15) is 17.9 Å². The summed E-state index contributed by atoms with van der Waals surface area (Å²) < 4.78 is 14.0. The number of aromatic amines is 2. The Bertz CT molecular complexity index is 1060. The fraction of sp³-hybridized carbons (Fsp3) is 0.278. The van der Waals surface area contributed by atoms with Gasteiger partial charge >= 0.3 is 5.69 Å². The Morgan fingerprint density at radius 2 is 1.92 bits per heavy atom. The summed E-state index contributed by atoms with van der Waals surface area (Å²) in [5.74, 6) is -0.784. The molecule has 0 aliphatic carbocycles. The van der Waals surface area contributed by atoms with Crippen LogP contribution in [0.25, 0.3) is 22.2 Å². The lowest BCUT2D eigenvalue weighted by Crippen LogP contribution is -2.42. The van der Waals surface area contributed by atoms with Crippen molar-refractivity contribution in [3.8, 4) is 11.1 Å². The van der Waals surface area contributed by atoms with Gasteiger partial charge in [-0.05, 0) is 31.0 Å². The number of benzene rings is 1. The highest BCUT2D eigenvalue weighted by atomic mass is 19.1. The first kappa shape index (κ1) is 17.7. The third-order valence-corrected chi connectivity index (χ3v) is 4.29. The summed E-state index contributed by atoms with van der Waals surface area (Å²) in [4.78, 5) is 42.4. The van der Waals surface area contributed by atoms with Gasteiger partial charge in [-0.25, -0.2) is 13.8 Å². The minimum absolute atomic E-state index is 0.0448. The molecule has 0 aliphatic heterocycles. The van der Waals surface area contributed by atoms with Crippen molar-refractivity contribution >= 4 is 16.9 Å². The molecule has 3 rings (SSSR count). The maximum atomic E-state index is 13.1. The molecule has 26 heavy (non-hydrogen) atoms. The first-order valence-corrected chi connectivity index (χ1v) is 8.30. The van der Waals surface area contributed by atoms with Crippen LogP contribution in [0.5, 0.6) is 0 Å². The Morgan fingerprint density at radius 3 is 2.58 bits per heavy atom. The van der Waals surface area contributed by atoms with E-state index in [9.17, 15) is 18.8 Å². The molecule has 3 N–H and O–H groups in total. The van der Waals surface area contributed by atoms with Crippen LogP contribution in [0.4, 0.5) is 4.39 Å². The first-order chi connectivity index (χ1) is 12.4. The minimum Gasteiger partial charge on any atom is -0.355 e. The van der Waals surface area contributed by atoms with Gasteiger partial charge in [0, 0.05) is 17.8 Å².